The Morgan fingerprint density at radius 3 is 2.72 bits per heavy atom. The number of carbonyl (C=O) groups excluding carboxylic acids is 2. The number of nitrogens with zero attached hydrogens (tertiary/aromatic N) is 3. The van der Waals surface area contributed by atoms with Crippen LogP contribution < -0.4 is 25.0 Å². The van der Waals surface area contributed by atoms with Crippen LogP contribution >= 0.6 is 0 Å². The minimum atomic E-state index is -4.16. The van der Waals surface area contributed by atoms with Gasteiger partial charge in [-0.1, -0.05) is 36.4 Å². The molecule has 242 valence electrons. The fraction of sp³-hybridized carbons (Fsp3) is 0.303. The van der Waals surface area contributed by atoms with Gasteiger partial charge < -0.3 is 25.0 Å². The first-order chi connectivity index (χ1) is 22.1. The van der Waals surface area contributed by atoms with E-state index in [-0.39, 0.29) is 12.5 Å². The standard InChI is InChI=1S/C33H37N5O7S/c1-23-7-3-12-30(24(23)2)44-16-6-13-31(39)38-15-17-45-32-28(10-5-11-29(32)38)26-20-35-37(22-26)21-25-8-4-9-27(19-25)36-33(40)34-14-18-46(41,42)43/h3-5,7-12,19-20,22H,6,13-18,21H2,1-2H3,(H2,34,36,40)(H,41,42,43). The summed E-state index contributed by atoms with van der Waals surface area (Å²) < 4.78 is 44.3. The number of aryl methyl sites for hydroxylation is 1. The van der Waals surface area contributed by atoms with Gasteiger partial charge in [0.15, 0.2) is 5.75 Å². The molecule has 0 aliphatic carbocycles. The van der Waals surface area contributed by atoms with Crippen LogP contribution in [-0.4, -0.2) is 66.7 Å². The third kappa shape index (κ3) is 8.43. The summed E-state index contributed by atoms with van der Waals surface area (Å²) in [6.45, 7) is 5.58. The summed E-state index contributed by atoms with van der Waals surface area (Å²) >= 11 is 0. The molecule has 1 aliphatic rings. The second-order valence-electron chi connectivity index (χ2n) is 11.0. The van der Waals surface area contributed by atoms with E-state index in [2.05, 4.69) is 15.7 Å². The van der Waals surface area contributed by atoms with E-state index in [4.69, 9.17) is 14.0 Å². The number of carbonyl (C=O) groups is 2. The van der Waals surface area contributed by atoms with Crippen LogP contribution in [0.1, 0.15) is 29.5 Å². The third-order valence-corrected chi connectivity index (χ3v) is 8.33. The zero-order valence-electron chi connectivity index (χ0n) is 25.7. The summed E-state index contributed by atoms with van der Waals surface area (Å²) in [4.78, 5) is 27.1. The first-order valence-corrected chi connectivity index (χ1v) is 16.6. The maximum Gasteiger partial charge on any atom is 0.319 e. The van der Waals surface area contributed by atoms with Gasteiger partial charge in [0.25, 0.3) is 10.1 Å². The number of rotatable bonds is 12. The van der Waals surface area contributed by atoms with E-state index in [1.807, 2.05) is 62.5 Å². The predicted molar refractivity (Wildman–Crippen MR) is 175 cm³/mol. The molecule has 2 heterocycles. The summed E-state index contributed by atoms with van der Waals surface area (Å²) in [5.74, 6) is 0.927. The van der Waals surface area contributed by atoms with Crippen molar-refractivity contribution in [1.82, 2.24) is 15.1 Å². The maximum absolute atomic E-state index is 13.3. The molecule has 3 N–H and O–H groups in total. The van der Waals surface area contributed by atoms with Gasteiger partial charge in [-0.2, -0.15) is 13.5 Å². The highest BCUT2D eigenvalue weighted by atomic mass is 32.2. The minimum Gasteiger partial charge on any atom is -0.493 e. The Morgan fingerprint density at radius 1 is 1.09 bits per heavy atom. The van der Waals surface area contributed by atoms with Crippen LogP contribution in [0.25, 0.3) is 11.1 Å². The molecular formula is C33H37N5O7S. The lowest BCUT2D eigenvalue weighted by Crippen LogP contribution is -2.38. The second kappa shape index (κ2) is 14.5. The van der Waals surface area contributed by atoms with E-state index in [1.54, 1.807) is 34.0 Å². The van der Waals surface area contributed by atoms with Crippen molar-refractivity contribution in [2.45, 2.75) is 33.2 Å². The van der Waals surface area contributed by atoms with Crippen LogP contribution in [0.4, 0.5) is 16.2 Å². The Morgan fingerprint density at radius 2 is 1.89 bits per heavy atom. The van der Waals surface area contributed by atoms with Gasteiger partial charge >= 0.3 is 6.03 Å². The average Bonchev–Trinajstić information content (AvgIpc) is 3.48. The van der Waals surface area contributed by atoms with Crippen molar-refractivity contribution in [3.63, 3.8) is 0 Å². The summed E-state index contributed by atoms with van der Waals surface area (Å²) in [5, 5.41) is 9.55. The van der Waals surface area contributed by atoms with Crippen molar-refractivity contribution in [2.24, 2.45) is 0 Å². The van der Waals surface area contributed by atoms with Crippen LogP contribution in [0, 0.1) is 13.8 Å². The first kappa shape index (κ1) is 32.5. The van der Waals surface area contributed by atoms with Crippen LogP contribution in [0.5, 0.6) is 11.5 Å². The summed E-state index contributed by atoms with van der Waals surface area (Å²) in [6.07, 6.45) is 4.59. The molecule has 1 aromatic heterocycles. The Hall–Kier alpha value is -4.88. The normalized spacial score (nSPS) is 12.6. The lowest BCUT2D eigenvalue weighted by molar-refractivity contribution is -0.119. The van der Waals surface area contributed by atoms with Gasteiger partial charge in [-0.15, -0.1) is 0 Å². The van der Waals surface area contributed by atoms with Crippen LogP contribution in [0.2, 0.25) is 0 Å². The molecule has 3 amide bonds. The average molecular weight is 648 g/mol. The highest BCUT2D eigenvalue weighted by Crippen LogP contribution is 2.40. The van der Waals surface area contributed by atoms with Crippen molar-refractivity contribution in [3.8, 4) is 22.6 Å². The molecule has 3 aromatic carbocycles. The van der Waals surface area contributed by atoms with Crippen molar-refractivity contribution >= 4 is 33.4 Å². The molecule has 0 spiro atoms. The molecule has 0 radical (unpaired) electrons. The molecule has 12 nitrogen and oxygen atoms in total. The molecule has 0 saturated heterocycles. The number of ether oxygens (including phenoxy) is 2. The Balaban J connectivity index is 1.20. The molecule has 0 atom stereocenters. The smallest absolute Gasteiger partial charge is 0.319 e. The van der Waals surface area contributed by atoms with Crippen LogP contribution in [-0.2, 0) is 21.5 Å². The first-order valence-electron chi connectivity index (χ1n) is 14.9. The predicted octanol–water partition coefficient (Wildman–Crippen LogP) is 4.81. The van der Waals surface area contributed by atoms with Gasteiger partial charge in [0.2, 0.25) is 5.91 Å². The SMILES string of the molecule is Cc1cccc(OCCCC(=O)N2CCOc3c(-c4cnn(Cc5cccc(NC(=O)NCCS(=O)(=O)O)c5)c4)cccc32)c1C. The quantitative estimate of drug-likeness (QED) is 0.146. The lowest BCUT2D eigenvalue weighted by Gasteiger charge is -2.31. The number of nitrogens with one attached hydrogen (secondary N) is 2. The van der Waals surface area contributed by atoms with E-state index in [1.165, 1.54) is 5.56 Å². The van der Waals surface area contributed by atoms with Gasteiger partial charge in [-0.25, -0.2) is 4.79 Å². The number of urea groups is 1. The van der Waals surface area contributed by atoms with E-state index >= 15 is 0 Å². The molecule has 0 unspecified atom stereocenters. The number of fused-ring (bicyclic) bond motifs is 1. The summed E-state index contributed by atoms with van der Waals surface area (Å²) in [7, 11) is -4.16. The minimum absolute atomic E-state index is 0.0163. The maximum atomic E-state index is 13.3. The van der Waals surface area contributed by atoms with Crippen molar-refractivity contribution in [3.05, 3.63) is 89.7 Å². The highest BCUT2D eigenvalue weighted by molar-refractivity contribution is 7.85. The third-order valence-electron chi connectivity index (χ3n) is 7.61. The van der Waals surface area contributed by atoms with Gasteiger partial charge in [0, 0.05) is 36.0 Å². The van der Waals surface area contributed by atoms with Crippen LogP contribution in [0.15, 0.2) is 73.1 Å². The number of para-hydroxylation sites is 1. The van der Waals surface area contributed by atoms with Gasteiger partial charge in [-0.05, 0) is 61.2 Å². The highest BCUT2D eigenvalue weighted by Gasteiger charge is 2.26. The summed E-state index contributed by atoms with van der Waals surface area (Å²) in [5.41, 5.74) is 6.05. The molecule has 0 bridgehead atoms. The van der Waals surface area contributed by atoms with E-state index in [0.29, 0.717) is 50.6 Å². The molecule has 4 aromatic rings. The molecular weight excluding hydrogens is 610 g/mol. The topological polar surface area (TPSA) is 152 Å². The molecule has 1 aliphatic heterocycles. The van der Waals surface area contributed by atoms with E-state index in [0.717, 1.165) is 33.7 Å². The van der Waals surface area contributed by atoms with Crippen molar-refractivity contribution in [2.75, 3.05) is 42.3 Å². The fourth-order valence-electron chi connectivity index (χ4n) is 5.15. The number of benzene rings is 3. The molecule has 13 heteroatoms. The van der Waals surface area contributed by atoms with Gasteiger partial charge in [0.05, 0.1) is 37.3 Å². The lowest BCUT2D eigenvalue weighted by atomic mass is 10.1. The van der Waals surface area contributed by atoms with Gasteiger partial charge in [0.1, 0.15) is 12.4 Å². The van der Waals surface area contributed by atoms with Crippen LogP contribution in [0.3, 0.4) is 0 Å². The Labute approximate surface area is 268 Å². The molecule has 46 heavy (non-hydrogen) atoms. The summed E-state index contributed by atoms with van der Waals surface area (Å²) in [6, 6.07) is 18.3. The second-order valence-corrected chi connectivity index (χ2v) is 12.6. The largest absolute Gasteiger partial charge is 0.493 e. The molecule has 5 rings (SSSR count). The Bertz CT molecular complexity index is 1820. The number of hydrogen-bond donors (Lipinski definition) is 3. The van der Waals surface area contributed by atoms with E-state index < -0.39 is 21.9 Å². The zero-order valence-corrected chi connectivity index (χ0v) is 26.5. The van der Waals surface area contributed by atoms with Gasteiger partial charge in [-0.3, -0.25) is 14.0 Å². The monoisotopic (exact) mass is 647 g/mol. The molecule has 0 fully saturated rings. The van der Waals surface area contributed by atoms with E-state index in [9.17, 15) is 18.0 Å². The number of hydrogen-bond acceptors (Lipinski definition) is 7. The number of amides is 3. The number of anilines is 2. The number of aromatic nitrogens is 2. The Kier molecular flexibility index (Phi) is 10.2. The zero-order chi connectivity index (χ0) is 32.7. The fourth-order valence-corrected chi connectivity index (χ4v) is 5.51. The molecule has 0 saturated carbocycles. The van der Waals surface area contributed by atoms with Crippen molar-refractivity contribution in [1.29, 1.82) is 0 Å². The van der Waals surface area contributed by atoms with Crippen molar-refractivity contribution < 1.29 is 32.0 Å².